The van der Waals surface area contributed by atoms with Gasteiger partial charge in [-0.1, -0.05) is 54.6 Å². The molecule has 2 heterocycles. The molecule has 0 amide bonds. The number of anilines is 1. The second-order valence-electron chi connectivity index (χ2n) is 5.25. The normalized spacial score (nSPS) is 10.6. The molecule has 2 N–H and O–H groups in total. The molecule has 24 heavy (non-hydrogen) atoms. The topological polar surface area (TPSA) is 93.4 Å². The molecule has 4 rings (SSSR count). The third kappa shape index (κ3) is 2.08. The summed E-state index contributed by atoms with van der Waals surface area (Å²) in [6.45, 7) is 0. The van der Waals surface area contributed by atoms with Gasteiger partial charge in [-0.05, 0) is 0 Å². The fourth-order valence-corrected chi connectivity index (χ4v) is 2.67. The standard InChI is InChI=1S/C18H12N6/c19-10-13-11-21-24(17(13)20)18-15-9-5-4-8-14(15)16(22-23-18)12-6-2-1-3-7-12/h1-9,11H,20H2. The van der Waals surface area contributed by atoms with Gasteiger partial charge in [0.2, 0.25) is 0 Å². The van der Waals surface area contributed by atoms with E-state index in [1.807, 2.05) is 60.7 Å². The first-order chi connectivity index (χ1) is 11.8. The summed E-state index contributed by atoms with van der Waals surface area (Å²) in [5, 5.41) is 23.8. The number of hydrogen-bond donors (Lipinski definition) is 1. The van der Waals surface area contributed by atoms with Crippen molar-refractivity contribution in [2.75, 3.05) is 5.73 Å². The molecule has 0 saturated carbocycles. The smallest absolute Gasteiger partial charge is 0.185 e. The van der Waals surface area contributed by atoms with Crippen molar-refractivity contribution in [3.63, 3.8) is 0 Å². The highest BCUT2D eigenvalue weighted by Crippen LogP contribution is 2.29. The summed E-state index contributed by atoms with van der Waals surface area (Å²) in [5.74, 6) is 0.758. The van der Waals surface area contributed by atoms with Gasteiger partial charge < -0.3 is 5.73 Å². The van der Waals surface area contributed by atoms with Crippen molar-refractivity contribution in [3.05, 3.63) is 66.4 Å². The number of nitrogens with two attached hydrogens (primary N) is 1. The first-order valence-electron chi connectivity index (χ1n) is 7.34. The minimum atomic E-state index is 0.254. The van der Waals surface area contributed by atoms with Crippen LogP contribution in [0.3, 0.4) is 0 Å². The second-order valence-corrected chi connectivity index (χ2v) is 5.25. The molecule has 114 valence electrons. The molecule has 2 aromatic carbocycles. The fraction of sp³-hybridized carbons (Fsp3) is 0. The largest absolute Gasteiger partial charge is 0.382 e. The number of rotatable bonds is 2. The molecule has 0 bridgehead atoms. The predicted octanol–water partition coefficient (Wildman–Crippen LogP) is 2.94. The number of aromatic nitrogens is 4. The van der Waals surface area contributed by atoms with Crippen LogP contribution in [0.5, 0.6) is 0 Å². The van der Waals surface area contributed by atoms with Crippen LogP contribution in [-0.2, 0) is 0 Å². The van der Waals surface area contributed by atoms with Gasteiger partial charge in [-0.25, -0.2) is 0 Å². The zero-order valence-electron chi connectivity index (χ0n) is 12.6. The van der Waals surface area contributed by atoms with E-state index in [1.165, 1.54) is 10.9 Å². The van der Waals surface area contributed by atoms with Gasteiger partial charge in [0.05, 0.1) is 6.20 Å². The lowest BCUT2D eigenvalue weighted by molar-refractivity contribution is 0.836. The van der Waals surface area contributed by atoms with Crippen LogP contribution in [-0.4, -0.2) is 20.0 Å². The second kappa shape index (κ2) is 5.48. The molecule has 0 aliphatic heterocycles. The Hall–Kier alpha value is -3.72. The number of nitrogens with zero attached hydrogens (tertiary/aromatic N) is 5. The van der Waals surface area contributed by atoms with Crippen molar-refractivity contribution in [3.8, 4) is 23.1 Å². The SMILES string of the molecule is N#Cc1cnn(-c2nnc(-c3ccccc3)c3ccccc23)c1N. The number of hydrogen-bond acceptors (Lipinski definition) is 5. The Morgan fingerprint density at radius 3 is 2.33 bits per heavy atom. The van der Waals surface area contributed by atoms with Crippen LogP contribution in [0, 0.1) is 11.3 Å². The molecular weight excluding hydrogens is 300 g/mol. The van der Waals surface area contributed by atoms with Gasteiger partial charge in [0.15, 0.2) is 5.82 Å². The van der Waals surface area contributed by atoms with Crippen molar-refractivity contribution >= 4 is 16.6 Å². The summed E-state index contributed by atoms with van der Waals surface area (Å²) in [6.07, 6.45) is 1.43. The lowest BCUT2D eigenvalue weighted by Crippen LogP contribution is -2.07. The fourth-order valence-electron chi connectivity index (χ4n) is 2.67. The molecule has 4 aromatic rings. The third-order valence-electron chi connectivity index (χ3n) is 3.84. The predicted molar refractivity (Wildman–Crippen MR) is 91.2 cm³/mol. The van der Waals surface area contributed by atoms with E-state index in [0.29, 0.717) is 11.4 Å². The first kappa shape index (κ1) is 13.9. The van der Waals surface area contributed by atoms with Crippen LogP contribution in [0.4, 0.5) is 5.82 Å². The Bertz CT molecular complexity index is 1080. The minimum absolute atomic E-state index is 0.254. The number of benzene rings is 2. The van der Waals surface area contributed by atoms with Crippen molar-refractivity contribution in [1.29, 1.82) is 5.26 Å². The Labute approximate surface area is 137 Å². The summed E-state index contributed by atoms with van der Waals surface area (Å²) in [5.41, 5.74) is 8.09. The van der Waals surface area contributed by atoms with E-state index in [9.17, 15) is 0 Å². The zero-order valence-corrected chi connectivity index (χ0v) is 12.6. The van der Waals surface area contributed by atoms with Gasteiger partial charge >= 0.3 is 0 Å². The Kier molecular flexibility index (Phi) is 3.18. The highest BCUT2D eigenvalue weighted by atomic mass is 15.4. The molecular formula is C18H12N6. The molecule has 0 spiro atoms. The highest BCUT2D eigenvalue weighted by Gasteiger charge is 2.16. The van der Waals surface area contributed by atoms with Gasteiger partial charge in [0.1, 0.15) is 23.1 Å². The summed E-state index contributed by atoms with van der Waals surface area (Å²) in [7, 11) is 0. The molecule has 0 saturated heterocycles. The minimum Gasteiger partial charge on any atom is -0.382 e. The molecule has 2 aromatic heterocycles. The quantitative estimate of drug-likeness (QED) is 0.614. The summed E-state index contributed by atoms with van der Waals surface area (Å²) in [4.78, 5) is 0. The molecule has 6 heteroatoms. The Morgan fingerprint density at radius 1 is 0.917 bits per heavy atom. The zero-order chi connectivity index (χ0) is 16.5. The molecule has 0 radical (unpaired) electrons. The van der Waals surface area contributed by atoms with Gasteiger partial charge in [0.25, 0.3) is 0 Å². The van der Waals surface area contributed by atoms with E-state index < -0.39 is 0 Å². The molecule has 0 fully saturated rings. The van der Waals surface area contributed by atoms with Crippen LogP contribution in [0.2, 0.25) is 0 Å². The number of nitriles is 1. The molecule has 0 aliphatic rings. The van der Waals surface area contributed by atoms with E-state index >= 15 is 0 Å². The molecule has 6 nitrogen and oxygen atoms in total. The summed E-state index contributed by atoms with van der Waals surface area (Å²) in [6, 6.07) is 19.7. The number of fused-ring (bicyclic) bond motifs is 1. The summed E-state index contributed by atoms with van der Waals surface area (Å²) >= 11 is 0. The Balaban J connectivity index is 2.00. The van der Waals surface area contributed by atoms with Crippen LogP contribution < -0.4 is 5.73 Å². The van der Waals surface area contributed by atoms with Crippen molar-refractivity contribution in [1.82, 2.24) is 20.0 Å². The van der Waals surface area contributed by atoms with E-state index in [4.69, 9.17) is 11.0 Å². The van der Waals surface area contributed by atoms with Crippen molar-refractivity contribution < 1.29 is 0 Å². The molecule has 0 unspecified atom stereocenters. The maximum Gasteiger partial charge on any atom is 0.185 e. The molecule has 0 aliphatic carbocycles. The summed E-state index contributed by atoms with van der Waals surface area (Å²) < 4.78 is 1.45. The van der Waals surface area contributed by atoms with Gasteiger partial charge in [-0.2, -0.15) is 15.0 Å². The van der Waals surface area contributed by atoms with Crippen LogP contribution in [0.25, 0.3) is 27.8 Å². The van der Waals surface area contributed by atoms with Crippen molar-refractivity contribution in [2.24, 2.45) is 0 Å². The first-order valence-corrected chi connectivity index (χ1v) is 7.34. The maximum absolute atomic E-state index is 9.07. The lowest BCUT2D eigenvalue weighted by atomic mass is 10.0. The van der Waals surface area contributed by atoms with Crippen LogP contribution in [0.1, 0.15) is 5.56 Å². The van der Waals surface area contributed by atoms with E-state index in [-0.39, 0.29) is 5.82 Å². The van der Waals surface area contributed by atoms with Crippen LogP contribution >= 0.6 is 0 Å². The van der Waals surface area contributed by atoms with Gasteiger partial charge in [-0.3, -0.25) is 0 Å². The van der Waals surface area contributed by atoms with E-state index in [2.05, 4.69) is 15.3 Å². The highest BCUT2D eigenvalue weighted by molar-refractivity contribution is 5.98. The van der Waals surface area contributed by atoms with E-state index in [0.717, 1.165) is 22.0 Å². The van der Waals surface area contributed by atoms with Crippen molar-refractivity contribution in [2.45, 2.75) is 0 Å². The van der Waals surface area contributed by atoms with Crippen LogP contribution in [0.15, 0.2) is 60.8 Å². The Morgan fingerprint density at radius 2 is 1.62 bits per heavy atom. The van der Waals surface area contributed by atoms with E-state index in [1.54, 1.807) is 0 Å². The molecule has 0 atom stereocenters. The maximum atomic E-state index is 9.07. The number of nitrogen functional groups attached to an aromatic ring is 1. The lowest BCUT2D eigenvalue weighted by Gasteiger charge is -2.10. The average molecular weight is 312 g/mol. The van der Waals surface area contributed by atoms with Gasteiger partial charge in [0, 0.05) is 16.3 Å². The van der Waals surface area contributed by atoms with Gasteiger partial charge in [-0.15, -0.1) is 10.2 Å². The monoisotopic (exact) mass is 312 g/mol. The average Bonchev–Trinajstić information content (AvgIpc) is 3.02. The third-order valence-corrected chi connectivity index (χ3v) is 3.84.